The van der Waals surface area contributed by atoms with Crippen LogP contribution in [-0.4, -0.2) is 17.9 Å². The molecule has 3 heteroatoms. The lowest BCUT2D eigenvalue weighted by Crippen LogP contribution is -2.21. The number of rotatable bonds is 5. The molecular weight excluding hydrogens is 266 g/mol. The number of benzene rings is 2. The van der Waals surface area contributed by atoms with Gasteiger partial charge in [0.05, 0.1) is 6.10 Å². The van der Waals surface area contributed by atoms with E-state index >= 15 is 0 Å². The average Bonchev–Trinajstić information content (AvgIpc) is 2.49. The fraction of sp³-hybridized carbons (Fsp3) is 0.294. The smallest absolute Gasteiger partial charge is 0.0881 e. The van der Waals surface area contributed by atoms with Crippen molar-refractivity contribution in [2.24, 2.45) is 5.73 Å². The Hall–Kier alpha value is -1.29. The number of aliphatic hydroxyl groups excluding tert-OH is 1. The maximum atomic E-state index is 10.8. The number of hydrogen-bond donors (Lipinski definition) is 2. The van der Waals surface area contributed by atoms with E-state index in [-0.39, 0.29) is 5.92 Å². The molecule has 2 aromatic rings. The zero-order valence-electron chi connectivity index (χ0n) is 11.9. The summed E-state index contributed by atoms with van der Waals surface area (Å²) in [5.74, 6) is -0.0792. The zero-order valence-corrected chi connectivity index (χ0v) is 12.7. The highest BCUT2D eigenvalue weighted by atomic mass is 32.2. The van der Waals surface area contributed by atoms with Crippen LogP contribution in [0.15, 0.2) is 53.4 Å². The SMILES string of the molecule is CSc1ccccc1C(O)C(CN)c1ccccc1C. The molecule has 106 valence electrons. The van der Waals surface area contributed by atoms with Gasteiger partial charge in [-0.05, 0) is 35.9 Å². The molecule has 0 saturated heterocycles. The number of thioether (sulfide) groups is 1. The minimum Gasteiger partial charge on any atom is -0.388 e. The van der Waals surface area contributed by atoms with E-state index in [4.69, 9.17) is 5.73 Å². The highest BCUT2D eigenvalue weighted by molar-refractivity contribution is 7.98. The maximum absolute atomic E-state index is 10.8. The van der Waals surface area contributed by atoms with Gasteiger partial charge in [-0.1, -0.05) is 42.5 Å². The Morgan fingerprint density at radius 3 is 2.25 bits per heavy atom. The van der Waals surface area contributed by atoms with Crippen molar-refractivity contribution < 1.29 is 5.11 Å². The van der Waals surface area contributed by atoms with Gasteiger partial charge in [-0.25, -0.2) is 0 Å². The Bertz CT molecular complexity index is 570. The van der Waals surface area contributed by atoms with E-state index in [0.29, 0.717) is 6.54 Å². The van der Waals surface area contributed by atoms with Crippen LogP contribution in [0.1, 0.15) is 28.7 Å². The molecule has 0 amide bonds. The second kappa shape index (κ2) is 6.93. The first kappa shape index (κ1) is 15.1. The minimum atomic E-state index is -0.579. The van der Waals surface area contributed by atoms with Crippen LogP contribution in [0.2, 0.25) is 0 Å². The third-order valence-corrected chi connectivity index (χ3v) is 4.49. The first-order chi connectivity index (χ1) is 9.69. The maximum Gasteiger partial charge on any atom is 0.0881 e. The van der Waals surface area contributed by atoms with Crippen molar-refractivity contribution in [3.63, 3.8) is 0 Å². The van der Waals surface area contributed by atoms with E-state index in [1.807, 2.05) is 42.7 Å². The van der Waals surface area contributed by atoms with E-state index in [1.165, 1.54) is 5.56 Å². The number of aryl methyl sites for hydroxylation is 1. The molecule has 0 heterocycles. The standard InChI is InChI=1S/C17H21NOS/c1-12-7-3-4-8-13(12)15(11-18)17(19)14-9-5-6-10-16(14)20-2/h3-10,15,17,19H,11,18H2,1-2H3. The third-order valence-electron chi connectivity index (χ3n) is 3.68. The van der Waals surface area contributed by atoms with Crippen molar-refractivity contribution in [3.8, 4) is 0 Å². The molecule has 0 saturated carbocycles. The lowest BCUT2D eigenvalue weighted by atomic mass is 9.87. The molecule has 2 atom stereocenters. The molecule has 0 aliphatic rings. The van der Waals surface area contributed by atoms with Gasteiger partial charge in [-0.2, -0.15) is 0 Å². The molecule has 2 aromatic carbocycles. The van der Waals surface area contributed by atoms with Gasteiger partial charge in [0.2, 0.25) is 0 Å². The van der Waals surface area contributed by atoms with Crippen LogP contribution in [0.3, 0.4) is 0 Å². The van der Waals surface area contributed by atoms with Crippen LogP contribution in [0, 0.1) is 6.92 Å². The summed E-state index contributed by atoms with van der Waals surface area (Å²) in [7, 11) is 0. The molecule has 0 aliphatic heterocycles. The quantitative estimate of drug-likeness (QED) is 0.827. The number of aliphatic hydroxyl groups is 1. The molecule has 0 spiro atoms. The second-order valence-corrected chi connectivity index (χ2v) is 5.73. The number of hydrogen-bond acceptors (Lipinski definition) is 3. The van der Waals surface area contributed by atoms with Gasteiger partial charge in [0.25, 0.3) is 0 Å². The van der Waals surface area contributed by atoms with E-state index in [0.717, 1.165) is 16.0 Å². The summed E-state index contributed by atoms with van der Waals surface area (Å²) in [4.78, 5) is 1.10. The zero-order chi connectivity index (χ0) is 14.5. The highest BCUT2D eigenvalue weighted by Gasteiger charge is 2.24. The third kappa shape index (κ3) is 3.06. The van der Waals surface area contributed by atoms with Gasteiger partial charge >= 0.3 is 0 Å². The Kier molecular flexibility index (Phi) is 5.24. The Balaban J connectivity index is 2.39. The van der Waals surface area contributed by atoms with Crippen molar-refractivity contribution in [2.45, 2.75) is 23.8 Å². The van der Waals surface area contributed by atoms with Gasteiger partial charge in [0, 0.05) is 17.4 Å². The summed E-state index contributed by atoms with van der Waals surface area (Å²) in [6.07, 6.45) is 1.45. The fourth-order valence-corrected chi connectivity index (χ4v) is 3.20. The molecule has 2 unspecified atom stereocenters. The molecule has 0 radical (unpaired) electrons. The van der Waals surface area contributed by atoms with E-state index in [2.05, 4.69) is 19.1 Å². The van der Waals surface area contributed by atoms with Crippen molar-refractivity contribution in [1.29, 1.82) is 0 Å². The predicted octanol–water partition coefficient (Wildman–Crippen LogP) is 3.49. The molecule has 0 fully saturated rings. The monoisotopic (exact) mass is 287 g/mol. The van der Waals surface area contributed by atoms with Gasteiger partial charge in [-0.3, -0.25) is 0 Å². The lowest BCUT2D eigenvalue weighted by molar-refractivity contribution is 0.144. The summed E-state index contributed by atoms with van der Waals surface area (Å²) < 4.78 is 0. The normalized spacial score (nSPS) is 14.0. The summed E-state index contributed by atoms with van der Waals surface area (Å²) in [6, 6.07) is 16.1. The number of nitrogens with two attached hydrogens (primary N) is 1. The Morgan fingerprint density at radius 2 is 1.65 bits per heavy atom. The van der Waals surface area contributed by atoms with Gasteiger partial charge in [0.15, 0.2) is 0 Å². The van der Waals surface area contributed by atoms with Crippen molar-refractivity contribution in [1.82, 2.24) is 0 Å². The van der Waals surface area contributed by atoms with Crippen LogP contribution in [0.25, 0.3) is 0 Å². The van der Waals surface area contributed by atoms with Crippen molar-refractivity contribution in [2.75, 3.05) is 12.8 Å². The molecule has 0 aromatic heterocycles. The summed E-state index contributed by atoms with van der Waals surface area (Å²) in [5, 5.41) is 10.8. The van der Waals surface area contributed by atoms with Crippen LogP contribution >= 0.6 is 11.8 Å². The van der Waals surface area contributed by atoms with E-state index in [9.17, 15) is 5.11 Å². The highest BCUT2D eigenvalue weighted by Crippen LogP contribution is 2.35. The van der Waals surface area contributed by atoms with E-state index in [1.54, 1.807) is 11.8 Å². The summed E-state index contributed by atoms with van der Waals surface area (Å²) in [6.45, 7) is 2.49. The fourth-order valence-electron chi connectivity index (χ4n) is 2.56. The molecule has 0 aliphatic carbocycles. The largest absolute Gasteiger partial charge is 0.388 e. The Morgan fingerprint density at radius 1 is 1.05 bits per heavy atom. The first-order valence-electron chi connectivity index (χ1n) is 6.75. The second-order valence-electron chi connectivity index (χ2n) is 4.89. The average molecular weight is 287 g/mol. The van der Waals surface area contributed by atoms with Gasteiger partial charge < -0.3 is 10.8 Å². The molecule has 2 nitrogen and oxygen atoms in total. The van der Waals surface area contributed by atoms with Crippen LogP contribution < -0.4 is 5.73 Å². The minimum absolute atomic E-state index is 0.0792. The molecule has 0 bridgehead atoms. The molecule has 2 rings (SSSR count). The van der Waals surface area contributed by atoms with Gasteiger partial charge in [-0.15, -0.1) is 11.8 Å². The van der Waals surface area contributed by atoms with Crippen molar-refractivity contribution in [3.05, 3.63) is 65.2 Å². The topological polar surface area (TPSA) is 46.2 Å². The van der Waals surface area contributed by atoms with Crippen LogP contribution in [-0.2, 0) is 0 Å². The summed E-state index contributed by atoms with van der Waals surface area (Å²) in [5.41, 5.74) is 9.19. The lowest BCUT2D eigenvalue weighted by Gasteiger charge is -2.25. The molecular formula is C17H21NOS. The first-order valence-corrected chi connectivity index (χ1v) is 7.98. The van der Waals surface area contributed by atoms with Crippen LogP contribution in [0.4, 0.5) is 0 Å². The van der Waals surface area contributed by atoms with E-state index < -0.39 is 6.10 Å². The van der Waals surface area contributed by atoms with Crippen molar-refractivity contribution >= 4 is 11.8 Å². The molecule has 20 heavy (non-hydrogen) atoms. The van der Waals surface area contributed by atoms with Gasteiger partial charge in [0.1, 0.15) is 0 Å². The predicted molar refractivity (Wildman–Crippen MR) is 86.2 cm³/mol. The Labute approximate surface area is 125 Å². The summed E-state index contributed by atoms with van der Waals surface area (Å²) >= 11 is 1.65. The molecule has 3 N–H and O–H groups in total. The van der Waals surface area contributed by atoms with Crippen LogP contribution in [0.5, 0.6) is 0 Å².